The molecule has 0 bridgehead atoms. The number of alkyl halides is 2. The van der Waals surface area contributed by atoms with E-state index in [1.807, 2.05) is 5.32 Å². The van der Waals surface area contributed by atoms with Crippen LogP contribution in [0.5, 0.6) is 0 Å². The van der Waals surface area contributed by atoms with Crippen molar-refractivity contribution >= 4 is 33.4 Å². The van der Waals surface area contributed by atoms with Gasteiger partial charge in [-0.25, -0.2) is 0 Å². The Labute approximate surface area is 162 Å². The Balaban J connectivity index is 2.13. The molecule has 5 nitrogen and oxygen atoms in total. The highest BCUT2D eigenvalue weighted by Crippen LogP contribution is 2.29. The van der Waals surface area contributed by atoms with Gasteiger partial charge >= 0.3 is 21.3 Å². The second-order valence-electron chi connectivity index (χ2n) is 5.88. The number of hydrogen-bond acceptors (Lipinski definition) is 4. The van der Waals surface area contributed by atoms with Crippen molar-refractivity contribution in [3.63, 3.8) is 0 Å². The number of nitrogens with one attached hydrogen (secondary N) is 1. The topological polar surface area (TPSA) is 72.5 Å². The molecule has 0 aliphatic rings. The molecule has 1 unspecified atom stereocenters. The summed E-state index contributed by atoms with van der Waals surface area (Å²) in [5.74, 6) is -2.02. The Morgan fingerprint density at radius 3 is 2.25 bits per heavy atom. The van der Waals surface area contributed by atoms with Crippen molar-refractivity contribution in [3.05, 3.63) is 78.9 Å². The van der Waals surface area contributed by atoms with Crippen molar-refractivity contribution in [2.75, 3.05) is 5.32 Å². The molecule has 0 saturated heterocycles. The van der Waals surface area contributed by atoms with Crippen molar-refractivity contribution in [1.82, 2.24) is 0 Å². The molecule has 148 valence electrons. The summed E-state index contributed by atoms with van der Waals surface area (Å²) in [6, 6.07) is 14.1. The van der Waals surface area contributed by atoms with E-state index in [1.54, 1.807) is 30.3 Å². The lowest BCUT2D eigenvalue weighted by atomic mass is 10.0. The predicted molar refractivity (Wildman–Crippen MR) is 105 cm³/mol. The Hall–Kier alpha value is -2.84. The third-order valence-corrected chi connectivity index (χ3v) is 5.24. The summed E-state index contributed by atoms with van der Waals surface area (Å²) in [7, 11) is -5.57. The van der Waals surface area contributed by atoms with Crippen LogP contribution in [0.3, 0.4) is 0 Å². The van der Waals surface area contributed by atoms with Crippen LogP contribution in [0.15, 0.2) is 67.8 Å². The van der Waals surface area contributed by atoms with Gasteiger partial charge in [-0.2, -0.15) is 17.2 Å². The van der Waals surface area contributed by atoms with Crippen LogP contribution in [0.2, 0.25) is 0 Å². The van der Waals surface area contributed by atoms with Gasteiger partial charge in [-0.1, -0.05) is 61.7 Å². The van der Waals surface area contributed by atoms with Crippen molar-refractivity contribution in [2.45, 2.75) is 18.3 Å². The molecule has 0 fully saturated rings. The molecule has 1 N–H and O–H groups in total. The molecule has 2 rings (SSSR count). The molecule has 0 aliphatic carbocycles. The summed E-state index contributed by atoms with van der Waals surface area (Å²) in [6.07, 6.45) is 0.234. The van der Waals surface area contributed by atoms with Crippen LogP contribution in [0.1, 0.15) is 18.1 Å². The number of carbonyl (C=O) groups is 1. The van der Waals surface area contributed by atoms with Gasteiger partial charge < -0.3 is 5.32 Å². The molecule has 0 spiro atoms. The second kappa shape index (κ2) is 8.45. The molecule has 28 heavy (non-hydrogen) atoms. The Bertz CT molecular complexity index is 971. The predicted octanol–water partition coefficient (Wildman–Crippen LogP) is 4.31. The van der Waals surface area contributed by atoms with E-state index < -0.39 is 27.4 Å². The highest BCUT2D eigenvalue weighted by Gasteiger charge is 2.55. The summed E-state index contributed by atoms with van der Waals surface area (Å²) in [5.41, 5.74) is 1.42. The molecule has 1 amide bonds. The summed E-state index contributed by atoms with van der Waals surface area (Å²) in [6.45, 7) is 8.48. The van der Waals surface area contributed by atoms with Gasteiger partial charge in [0.1, 0.15) is 0 Å². The average molecular weight is 407 g/mol. The lowest BCUT2D eigenvalue weighted by molar-refractivity contribution is -0.130. The Morgan fingerprint density at radius 2 is 1.71 bits per heavy atom. The van der Waals surface area contributed by atoms with Crippen molar-refractivity contribution in [1.29, 1.82) is 0 Å². The quantitative estimate of drug-likeness (QED) is 0.662. The molecule has 0 aliphatic heterocycles. The van der Waals surface area contributed by atoms with Gasteiger partial charge in [0.05, 0.1) is 6.10 Å². The number of anilines is 1. The van der Waals surface area contributed by atoms with Crippen LogP contribution < -0.4 is 5.32 Å². The molecule has 0 aromatic heterocycles. The van der Waals surface area contributed by atoms with Gasteiger partial charge in [0, 0.05) is 5.69 Å². The maximum Gasteiger partial charge on any atom is 0.447 e. The fourth-order valence-electron chi connectivity index (χ4n) is 2.22. The smallest absolute Gasteiger partial charge is 0.320 e. The minimum Gasteiger partial charge on any atom is -0.320 e. The third kappa shape index (κ3) is 4.71. The largest absolute Gasteiger partial charge is 0.447 e. The minimum absolute atomic E-state index is 0.00668. The van der Waals surface area contributed by atoms with Gasteiger partial charge in [0.25, 0.3) is 0 Å². The fourth-order valence-corrected chi connectivity index (χ4v) is 3.11. The normalized spacial score (nSPS) is 12.8. The molecule has 0 heterocycles. The van der Waals surface area contributed by atoms with Crippen LogP contribution in [0, 0.1) is 0 Å². The van der Waals surface area contributed by atoms with E-state index in [4.69, 9.17) is 0 Å². The average Bonchev–Trinajstić information content (AvgIpc) is 2.68. The van der Waals surface area contributed by atoms with Crippen molar-refractivity contribution in [2.24, 2.45) is 0 Å². The zero-order valence-electron chi connectivity index (χ0n) is 15.1. The van der Waals surface area contributed by atoms with E-state index in [-0.39, 0.29) is 11.3 Å². The van der Waals surface area contributed by atoms with E-state index in [2.05, 4.69) is 17.3 Å². The third-order valence-electron chi connectivity index (χ3n) is 3.89. The monoisotopic (exact) mass is 407 g/mol. The second-order valence-corrected chi connectivity index (χ2v) is 7.49. The molecular weight excluding hydrogens is 388 g/mol. The standard InChI is InChI=1S/C20H19F2NO4S/c1-4-16-10-12-18(13-11-16)23-19(24)20(21,22)28(25,26)27-15(3)14(2)17-8-6-5-7-9-17/h4-13,15H,1-2H2,3H3,(H,23,24). The van der Waals surface area contributed by atoms with Gasteiger partial charge in [-0.3, -0.25) is 8.98 Å². The van der Waals surface area contributed by atoms with E-state index in [9.17, 15) is 22.0 Å². The fraction of sp³-hybridized carbons (Fsp3) is 0.150. The molecular formula is C20H19F2NO4S. The highest BCUT2D eigenvalue weighted by atomic mass is 32.2. The van der Waals surface area contributed by atoms with Crippen LogP contribution in [-0.2, 0) is 19.1 Å². The minimum atomic E-state index is -5.57. The molecule has 0 radical (unpaired) electrons. The lowest BCUT2D eigenvalue weighted by Gasteiger charge is -2.20. The Morgan fingerprint density at radius 1 is 1.14 bits per heavy atom. The first kappa shape index (κ1) is 21.5. The number of amides is 1. The van der Waals surface area contributed by atoms with Crippen LogP contribution in [0.4, 0.5) is 14.5 Å². The zero-order valence-corrected chi connectivity index (χ0v) is 15.9. The summed E-state index contributed by atoms with van der Waals surface area (Å²) in [5, 5.41) is -2.93. The molecule has 2 aromatic carbocycles. The van der Waals surface area contributed by atoms with Gasteiger partial charge in [-0.05, 0) is 35.8 Å². The number of carbonyl (C=O) groups excluding carboxylic acids is 1. The van der Waals surface area contributed by atoms with E-state index in [1.165, 1.54) is 37.3 Å². The molecule has 1 atom stereocenters. The number of hydrogen-bond donors (Lipinski definition) is 1. The van der Waals surface area contributed by atoms with Gasteiger partial charge in [-0.15, -0.1) is 0 Å². The maximum absolute atomic E-state index is 14.3. The summed E-state index contributed by atoms with van der Waals surface area (Å²) >= 11 is 0. The van der Waals surface area contributed by atoms with E-state index >= 15 is 0 Å². The van der Waals surface area contributed by atoms with Crippen LogP contribution in [0.25, 0.3) is 11.6 Å². The Kier molecular flexibility index (Phi) is 6.48. The molecule has 2 aromatic rings. The van der Waals surface area contributed by atoms with Crippen molar-refractivity contribution in [3.8, 4) is 0 Å². The van der Waals surface area contributed by atoms with Crippen LogP contribution in [-0.4, -0.2) is 25.7 Å². The first-order chi connectivity index (χ1) is 13.1. The van der Waals surface area contributed by atoms with E-state index in [0.717, 1.165) is 0 Å². The van der Waals surface area contributed by atoms with Gasteiger partial charge in [0.15, 0.2) is 0 Å². The molecule has 8 heteroatoms. The lowest BCUT2D eigenvalue weighted by Crippen LogP contribution is -2.44. The highest BCUT2D eigenvalue weighted by molar-refractivity contribution is 7.88. The number of rotatable bonds is 8. The first-order valence-corrected chi connectivity index (χ1v) is 9.58. The number of halogens is 2. The van der Waals surface area contributed by atoms with Crippen molar-refractivity contribution < 1.29 is 26.2 Å². The summed E-state index contributed by atoms with van der Waals surface area (Å²) in [4.78, 5) is 11.9. The molecule has 0 saturated carbocycles. The van der Waals surface area contributed by atoms with Crippen LogP contribution >= 0.6 is 0 Å². The zero-order chi connectivity index (χ0) is 20.9. The van der Waals surface area contributed by atoms with Gasteiger partial charge in [0.2, 0.25) is 0 Å². The number of benzene rings is 2. The first-order valence-electron chi connectivity index (χ1n) is 8.17. The summed E-state index contributed by atoms with van der Waals surface area (Å²) < 4.78 is 57.2. The maximum atomic E-state index is 14.3. The van der Waals surface area contributed by atoms with E-state index in [0.29, 0.717) is 11.1 Å². The SMILES string of the molecule is C=Cc1ccc(NC(=O)C(F)(F)S(=O)(=O)OC(C)C(=C)c2ccccc2)cc1.